The van der Waals surface area contributed by atoms with Gasteiger partial charge < -0.3 is 19.5 Å². The molecule has 0 unspecified atom stereocenters. The minimum atomic E-state index is -0.189. The molecule has 0 saturated carbocycles. The fourth-order valence-electron chi connectivity index (χ4n) is 4.43. The van der Waals surface area contributed by atoms with Crippen LogP contribution in [0, 0.1) is 0 Å². The average Bonchev–Trinajstić information content (AvgIpc) is 3.67. The smallest absolute Gasteiger partial charge is 0.236 e. The van der Waals surface area contributed by atoms with Gasteiger partial charge in [-0.05, 0) is 60.0 Å². The van der Waals surface area contributed by atoms with Gasteiger partial charge in [0.05, 0.1) is 38.5 Å². The van der Waals surface area contributed by atoms with Gasteiger partial charge >= 0.3 is 0 Å². The number of hydrogen-bond donors (Lipinski definition) is 1. The number of aromatic nitrogens is 4. The molecule has 5 aromatic rings. The Morgan fingerprint density at radius 1 is 0.929 bits per heavy atom. The van der Waals surface area contributed by atoms with E-state index in [0.717, 1.165) is 33.8 Å². The van der Waals surface area contributed by atoms with Crippen molar-refractivity contribution >= 4 is 34.1 Å². The molecular formula is C31H31N5O4S2. The highest BCUT2D eigenvalue weighted by atomic mass is 32.2. The van der Waals surface area contributed by atoms with Crippen LogP contribution in [0.5, 0.6) is 17.2 Å². The van der Waals surface area contributed by atoms with Crippen LogP contribution in [-0.2, 0) is 4.79 Å². The summed E-state index contributed by atoms with van der Waals surface area (Å²) in [4.78, 5) is 17.6. The number of thiazole rings is 1. The molecule has 0 spiro atoms. The molecular weight excluding hydrogens is 571 g/mol. The first-order chi connectivity index (χ1) is 20.4. The number of nitrogens with zero attached hydrogens (tertiary/aromatic N) is 4. The molecule has 0 fully saturated rings. The lowest BCUT2D eigenvalue weighted by atomic mass is 10.0. The van der Waals surface area contributed by atoms with Crippen LogP contribution in [0.15, 0.2) is 77.3 Å². The van der Waals surface area contributed by atoms with Gasteiger partial charge in [-0.1, -0.05) is 43.8 Å². The summed E-state index contributed by atoms with van der Waals surface area (Å²) in [6.07, 6.45) is 0. The SMILES string of the molecule is COc1ccc(-c2nnc(SCC(=O)Nc3nc(-c4ccc(OC)c(OC)c4)cs3)n2-c2ccccc2C(C)C)cc1. The molecule has 0 aliphatic rings. The standard InChI is InChI=1S/C31H31N5O4S2/c1-19(2)23-8-6-7-9-25(23)36-29(20-10-13-22(38-3)14-11-20)34-35-31(36)42-18-28(37)33-30-32-24(17-41-30)21-12-15-26(39-4)27(16-21)40-5/h6-17,19H,18H2,1-5H3,(H,32,33,37). The molecule has 216 valence electrons. The van der Waals surface area contributed by atoms with Crippen LogP contribution in [-0.4, -0.2) is 52.7 Å². The maximum atomic E-state index is 13.0. The van der Waals surface area contributed by atoms with E-state index in [9.17, 15) is 4.79 Å². The Kier molecular flexibility index (Phi) is 9.09. The van der Waals surface area contributed by atoms with Gasteiger partial charge in [0.25, 0.3) is 0 Å². The molecule has 11 heteroatoms. The van der Waals surface area contributed by atoms with Gasteiger partial charge in [-0.2, -0.15) is 0 Å². The lowest BCUT2D eigenvalue weighted by Gasteiger charge is -2.17. The van der Waals surface area contributed by atoms with E-state index in [4.69, 9.17) is 14.2 Å². The molecule has 1 N–H and O–H groups in total. The first-order valence-electron chi connectivity index (χ1n) is 13.2. The summed E-state index contributed by atoms with van der Waals surface area (Å²) in [6.45, 7) is 4.31. The monoisotopic (exact) mass is 601 g/mol. The van der Waals surface area contributed by atoms with Crippen molar-refractivity contribution in [3.8, 4) is 45.6 Å². The topological polar surface area (TPSA) is 100 Å². The Morgan fingerprint density at radius 3 is 2.38 bits per heavy atom. The minimum absolute atomic E-state index is 0.135. The van der Waals surface area contributed by atoms with Crippen molar-refractivity contribution in [2.24, 2.45) is 0 Å². The van der Waals surface area contributed by atoms with Crippen LogP contribution in [0.1, 0.15) is 25.3 Å². The zero-order valence-electron chi connectivity index (χ0n) is 24.0. The van der Waals surface area contributed by atoms with E-state index >= 15 is 0 Å². The van der Waals surface area contributed by atoms with E-state index in [0.29, 0.717) is 27.6 Å². The molecule has 42 heavy (non-hydrogen) atoms. The summed E-state index contributed by atoms with van der Waals surface area (Å²) in [5.41, 5.74) is 4.62. The van der Waals surface area contributed by atoms with Crippen molar-refractivity contribution in [1.82, 2.24) is 19.7 Å². The van der Waals surface area contributed by atoms with Gasteiger partial charge in [0.1, 0.15) is 5.75 Å². The third kappa shape index (κ3) is 6.27. The second kappa shape index (κ2) is 13.1. The largest absolute Gasteiger partial charge is 0.497 e. The number of amides is 1. The maximum absolute atomic E-state index is 13.0. The van der Waals surface area contributed by atoms with Crippen molar-refractivity contribution in [1.29, 1.82) is 0 Å². The predicted molar refractivity (Wildman–Crippen MR) is 167 cm³/mol. The zero-order chi connectivity index (χ0) is 29.6. The highest BCUT2D eigenvalue weighted by molar-refractivity contribution is 7.99. The van der Waals surface area contributed by atoms with E-state index in [-0.39, 0.29) is 17.6 Å². The zero-order valence-corrected chi connectivity index (χ0v) is 25.6. The number of methoxy groups -OCH3 is 3. The molecule has 3 aromatic carbocycles. The molecule has 1 amide bonds. The number of hydrogen-bond acceptors (Lipinski definition) is 9. The van der Waals surface area contributed by atoms with Gasteiger partial charge in [0.2, 0.25) is 5.91 Å². The Morgan fingerprint density at radius 2 is 1.67 bits per heavy atom. The summed E-state index contributed by atoms with van der Waals surface area (Å²) >= 11 is 2.68. The van der Waals surface area contributed by atoms with E-state index < -0.39 is 0 Å². The Balaban J connectivity index is 1.36. The summed E-state index contributed by atoms with van der Waals surface area (Å²) in [5.74, 6) is 2.92. The molecule has 0 saturated heterocycles. The summed E-state index contributed by atoms with van der Waals surface area (Å²) in [6, 6.07) is 21.5. The van der Waals surface area contributed by atoms with Gasteiger partial charge in [0, 0.05) is 16.5 Å². The Hall–Kier alpha value is -4.35. The highest BCUT2D eigenvalue weighted by Crippen LogP contribution is 2.35. The summed E-state index contributed by atoms with van der Waals surface area (Å²) in [7, 11) is 4.82. The first-order valence-corrected chi connectivity index (χ1v) is 15.1. The molecule has 0 aliphatic carbocycles. The van der Waals surface area contributed by atoms with Crippen molar-refractivity contribution in [2.45, 2.75) is 24.9 Å². The third-order valence-corrected chi connectivity index (χ3v) is 8.23. The molecule has 2 heterocycles. The molecule has 9 nitrogen and oxygen atoms in total. The average molecular weight is 602 g/mol. The number of para-hydroxylation sites is 1. The molecule has 0 aliphatic heterocycles. The number of thioether (sulfide) groups is 1. The summed E-state index contributed by atoms with van der Waals surface area (Å²) < 4.78 is 18.1. The van der Waals surface area contributed by atoms with E-state index in [1.165, 1.54) is 23.1 Å². The number of rotatable bonds is 11. The fourth-order valence-corrected chi connectivity index (χ4v) is 5.91. The minimum Gasteiger partial charge on any atom is -0.497 e. The normalized spacial score (nSPS) is 11.0. The number of nitrogens with one attached hydrogen (secondary N) is 1. The van der Waals surface area contributed by atoms with Gasteiger partial charge in [-0.25, -0.2) is 4.98 Å². The van der Waals surface area contributed by atoms with Crippen molar-refractivity contribution in [3.63, 3.8) is 0 Å². The van der Waals surface area contributed by atoms with Crippen molar-refractivity contribution in [2.75, 3.05) is 32.4 Å². The molecule has 2 aromatic heterocycles. The van der Waals surface area contributed by atoms with Gasteiger partial charge in [0.15, 0.2) is 27.6 Å². The van der Waals surface area contributed by atoms with Crippen molar-refractivity contribution in [3.05, 3.63) is 77.7 Å². The number of carbonyl (C=O) groups is 1. The van der Waals surface area contributed by atoms with Crippen molar-refractivity contribution < 1.29 is 19.0 Å². The van der Waals surface area contributed by atoms with Crippen LogP contribution < -0.4 is 19.5 Å². The third-order valence-electron chi connectivity index (χ3n) is 6.54. The van der Waals surface area contributed by atoms with Gasteiger partial charge in [-0.3, -0.25) is 9.36 Å². The second-order valence-electron chi connectivity index (χ2n) is 9.53. The second-order valence-corrected chi connectivity index (χ2v) is 11.3. The lowest BCUT2D eigenvalue weighted by Crippen LogP contribution is -2.14. The maximum Gasteiger partial charge on any atom is 0.236 e. The lowest BCUT2D eigenvalue weighted by molar-refractivity contribution is -0.113. The van der Waals surface area contributed by atoms with E-state index in [2.05, 4.69) is 46.5 Å². The van der Waals surface area contributed by atoms with Crippen LogP contribution in [0.4, 0.5) is 5.13 Å². The molecule has 0 radical (unpaired) electrons. The fraction of sp³-hybridized carbons (Fsp3) is 0.226. The predicted octanol–water partition coefficient (Wildman–Crippen LogP) is 6.94. The molecule has 5 rings (SSSR count). The van der Waals surface area contributed by atoms with Crippen LogP contribution in [0.3, 0.4) is 0 Å². The molecule has 0 bridgehead atoms. The summed E-state index contributed by atoms with van der Waals surface area (Å²) in [5, 5.41) is 15.0. The number of carbonyl (C=O) groups excluding carboxylic acids is 1. The Bertz CT molecular complexity index is 1680. The quantitative estimate of drug-likeness (QED) is 0.163. The van der Waals surface area contributed by atoms with E-state index in [1.807, 2.05) is 64.5 Å². The first kappa shape index (κ1) is 29.2. The highest BCUT2D eigenvalue weighted by Gasteiger charge is 2.21. The van der Waals surface area contributed by atoms with Crippen LogP contribution in [0.2, 0.25) is 0 Å². The van der Waals surface area contributed by atoms with Crippen LogP contribution in [0.25, 0.3) is 28.3 Å². The van der Waals surface area contributed by atoms with Gasteiger partial charge in [-0.15, -0.1) is 21.5 Å². The van der Waals surface area contributed by atoms with Crippen LogP contribution >= 0.6 is 23.1 Å². The molecule has 0 atom stereocenters. The van der Waals surface area contributed by atoms with E-state index in [1.54, 1.807) is 21.3 Å². The number of ether oxygens (including phenoxy) is 3. The number of anilines is 1. The number of benzene rings is 3. The Labute approximate surface area is 252 Å².